The average Bonchev–Trinajstić information content (AvgIpc) is 3.05. The molecule has 1 aromatic carbocycles. The van der Waals surface area contributed by atoms with Gasteiger partial charge in [-0.05, 0) is 30.3 Å². The summed E-state index contributed by atoms with van der Waals surface area (Å²) in [6, 6.07) is 8.96. The Labute approximate surface area is 104 Å². The molecule has 2 aromatic rings. The molecule has 92 valence electrons. The largest absolute Gasteiger partial charge is 0.454 e. The molecule has 0 saturated heterocycles. The van der Waals surface area contributed by atoms with Crippen LogP contribution < -0.4 is 14.8 Å². The van der Waals surface area contributed by atoms with Crippen molar-refractivity contribution in [2.45, 2.75) is 6.54 Å². The number of hydrogen-bond acceptors (Lipinski definition) is 3. The van der Waals surface area contributed by atoms with Gasteiger partial charge < -0.3 is 19.8 Å². The molecule has 5 heteroatoms. The van der Waals surface area contributed by atoms with Gasteiger partial charge in [0.25, 0.3) is 5.91 Å². The first-order valence-corrected chi connectivity index (χ1v) is 5.63. The first kappa shape index (κ1) is 10.7. The van der Waals surface area contributed by atoms with Gasteiger partial charge in [-0.15, -0.1) is 0 Å². The fraction of sp³-hybridized carbons (Fsp3) is 0.154. The molecule has 0 spiro atoms. The summed E-state index contributed by atoms with van der Waals surface area (Å²) in [7, 11) is 0. The van der Waals surface area contributed by atoms with E-state index in [1.807, 2.05) is 18.3 Å². The van der Waals surface area contributed by atoms with E-state index >= 15 is 0 Å². The second-order valence-corrected chi connectivity index (χ2v) is 3.95. The Balaban J connectivity index is 1.69. The molecule has 18 heavy (non-hydrogen) atoms. The monoisotopic (exact) mass is 244 g/mol. The Kier molecular flexibility index (Phi) is 2.64. The van der Waals surface area contributed by atoms with Crippen LogP contribution >= 0.6 is 0 Å². The van der Waals surface area contributed by atoms with Crippen molar-refractivity contribution in [1.29, 1.82) is 0 Å². The van der Waals surface area contributed by atoms with Crippen molar-refractivity contribution in [2.24, 2.45) is 0 Å². The predicted molar refractivity (Wildman–Crippen MR) is 64.5 cm³/mol. The van der Waals surface area contributed by atoms with Crippen LogP contribution in [-0.2, 0) is 6.54 Å². The molecule has 1 aliphatic heterocycles. The van der Waals surface area contributed by atoms with Crippen molar-refractivity contribution in [3.8, 4) is 11.5 Å². The molecule has 0 aliphatic carbocycles. The van der Waals surface area contributed by atoms with Crippen LogP contribution in [0, 0.1) is 0 Å². The van der Waals surface area contributed by atoms with Crippen molar-refractivity contribution in [3.05, 3.63) is 47.8 Å². The molecule has 0 fully saturated rings. The third-order valence-corrected chi connectivity index (χ3v) is 2.74. The van der Waals surface area contributed by atoms with Gasteiger partial charge in [-0.25, -0.2) is 0 Å². The van der Waals surface area contributed by atoms with Crippen LogP contribution in [0.1, 0.15) is 16.1 Å². The van der Waals surface area contributed by atoms with Crippen molar-refractivity contribution >= 4 is 5.91 Å². The maximum Gasteiger partial charge on any atom is 0.251 e. The number of fused-ring (bicyclic) bond motifs is 1. The number of amides is 1. The Morgan fingerprint density at radius 2 is 2.17 bits per heavy atom. The van der Waals surface area contributed by atoms with Crippen molar-refractivity contribution in [2.75, 3.05) is 6.79 Å². The van der Waals surface area contributed by atoms with Gasteiger partial charge in [-0.3, -0.25) is 4.79 Å². The molecule has 1 aliphatic rings. The normalized spacial score (nSPS) is 12.4. The van der Waals surface area contributed by atoms with Crippen molar-refractivity contribution in [1.82, 2.24) is 10.3 Å². The summed E-state index contributed by atoms with van der Waals surface area (Å²) in [6.07, 6.45) is 1.82. The lowest BCUT2D eigenvalue weighted by Gasteiger charge is -2.04. The molecule has 0 saturated carbocycles. The smallest absolute Gasteiger partial charge is 0.251 e. The number of rotatable bonds is 3. The molecular weight excluding hydrogens is 232 g/mol. The van der Waals surface area contributed by atoms with E-state index in [2.05, 4.69) is 10.3 Å². The van der Waals surface area contributed by atoms with E-state index < -0.39 is 0 Å². The molecule has 0 bridgehead atoms. The summed E-state index contributed by atoms with van der Waals surface area (Å²) in [5.41, 5.74) is 1.52. The number of H-pyrrole nitrogens is 1. The Morgan fingerprint density at radius 1 is 1.28 bits per heavy atom. The third kappa shape index (κ3) is 2.02. The lowest BCUT2D eigenvalue weighted by molar-refractivity contribution is 0.0950. The number of ether oxygens (including phenoxy) is 2. The van der Waals surface area contributed by atoms with Gasteiger partial charge in [-0.2, -0.15) is 0 Å². The molecule has 3 rings (SSSR count). The van der Waals surface area contributed by atoms with Crippen molar-refractivity contribution < 1.29 is 14.3 Å². The highest BCUT2D eigenvalue weighted by Crippen LogP contribution is 2.32. The first-order valence-electron chi connectivity index (χ1n) is 5.63. The summed E-state index contributed by atoms with van der Waals surface area (Å²) in [6.45, 7) is 0.684. The minimum absolute atomic E-state index is 0.136. The van der Waals surface area contributed by atoms with E-state index in [1.54, 1.807) is 18.2 Å². The van der Waals surface area contributed by atoms with Crippen LogP contribution in [0.25, 0.3) is 0 Å². The van der Waals surface area contributed by atoms with Crippen LogP contribution in [0.5, 0.6) is 11.5 Å². The SMILES string of the molecule is O=C(NCc1ccc[nH]1)c1ccc2c(c1)OCO2. The molecule has 1 aromatic heterocycles. The number of aromatic nitrogens is 1. The van der Waals surface area contributed by atoms with Crippen LogP contribution in [0.4, 0.5) is 0 Å². The summed E-state index contributed by atoms with van der Waals surface area (Å²) < 4.78 is 10.4. The minimum Gasteiger partial charge on any atom is -0.454 e. The van der Waals surface area contributed by atoms with E-state index in [0.29, 0.717) is 23.6 Å². The van der Waals surface area contributed by atoms with Crippen LogP contribution in [0.3, 0.4) is 0 Å². The molecule has 0 unspecified atom stereocenters. The second-order valence-electron chi connectivity index (χ2n) is 3.95. The summed E-state index contributed by atoms with van der Waals surface area (Å²) >= 11 is 0. The zero-order valence-corrected chi connectivity index (χ0v) is 9.60. The first-order chi connectivity index (χ1) is 8.83. The van der Waals surface area contributed by atoms with Crippen LogP contribution in [-0.4, -0.2) is 17.7 Å². The minimum atomic E-state index is -0.136. The molecular formula is C13H12N2O3. The second kappa shape index (κ2) is 4.44. The predicted octanol–water partition coefficient (Wildman–Crippen LogP) is 1.67. The molecule has 2 N–H and O–H groups in total. The number of nitrogens with one attached hydrogen (secondary N) is 2. The summed E-state index contributed by atoms with van der Waals surface area (Å²) in [5, 5.41) is 2.83. The number of aromatic amines is 1. The number of carbonyl (C=O) groups is 1. The lowest BCUT2D eigenvalue weighted by Crippen LogP contribution is -2.22. The van der Waals surface area contributed by atoms with Crippen molar-refractivity contribution in [3.63, 3.8) is 0 Å². The Hall–Kier alpha value is -2.43. The standard InChI is InChI=1S/C13H12N2O3/c16-13(15-7-10-2-1-5-14-10)9-3-4-11-12(6-9)18-8-17-11/h1-6,14H,7-8H2,(H,15,16). The number of hydrogen-bond donors (Lipinski definition) is 2. The lowest BCUT2D eigenvalue weighted by atomic mass is 10.2. The molecule has 2 heterocycles. The fourth-order valence-corrected chi connectivity index (χ4v) is 1.79. The van der Waals surface area contributed by atoms with Crippen LogP contribution in [0.15, 0.2) is 36.5 Å². The molecule has 0 atom stereocenters. The van der Waals surface area contributed by atoms with E-state index in [0.717, 1.165) is 5.69 Å². The zero-order valence-electron chi connectivity index (χ0n) is 9.60. The van der Waals surface area contributed by atoms with Gasteiger partial charge in [0.15, 0.2) is 11.5 Å². The van der Waals surface area contributed by atoms with Gasteiger partial charge >= 0.3 is 0 Å². The van der Waals surface area contributed by atoms with E-state index in [9.17, 15) is 4.79 Å². The van der Waals surface area contributed by atoms with Gasteiger partial charge in [0, 0.05) is 17.5 Å². The highest BCUT2D eigenvalue weighted by Gasteiger charge is 2.15. The third-order valence-electron chi connectivity index (χ3n) is 2.74. The highest BCUT2D eigenvalue weighted by molar-refractivity contribution is 5.94. The fourth-order valence-electron chi connectivity index (χ4n) is 1.79. The van der Waals surface area contributed by atoms with E-state index in [-0.39, 0.29) is 12.7 Å². The quantitative estimate of drug-likeness (QED) is 0.863. The highest BCUT2D eigenvalue weighted by atomic mass is 16.7. The van der Waals surface area contributed by atoms with Gasteiger partial charge in [-0.1, -0.05) is 0 Å². The number of carbonyl (C=O) groups excluding carboxylic acids is 1. The van der Waals surface area contributed by atoms with Crippen LogP contribution in [0.2, 0.25) is 0 Å². The van der Waals surface area contributed by atoms with Gasteiger partial charge in [0.05, 0.1) is 6.54 Å². The maximum absolute atomic E-state index is 11.9. The van der Waals surface area contributed by atoms with E-state index in [1.165, 1.54) is 0 Å². The average molecular weight is 244 g/mol. The van der Waals surface area contributed by atoms with E-state index in [4.69, 9.17) is 9.47 Å². The topological polar surface area (TPSA) is 63.4 Å². The summed E-state index contributed by atoms with van der Waals surface area (Å²) in [5.74, 6) is 1.15. The zero-order chi connectivity index (χ0) is 12.4. The number of benzene rings is 1. The Morgan fingerprint density at radius 3 is 3.00 bits per heavy atom. The van der Waals surface area contributed by atoms with Gasteiger partial charge in [0.2, 0.25) is 6.79 Å². The van der Waals surface area contributed by atoms with Gasteiger partial charge in [0.1, 0.15) is 0 Å². The molecule has 5 nitrogen and oxygen atoms in total. The summed E-state index contributed by atoms with van der Waals surface area (Å²) in [4.78, 5) is 14.9. The molecule has 0 radical (unpaired) electrons. The molecule has 1 amide bonds. The maximum atomic E-state index is 11.9. The Bertz CT molecular complexity index is 564.